The second-order valence-corrected chi connectivity index (χ2v) is 9.51. The molecule has 3 aromatic rings. The van der Waals surface area contributed by atoms with E-state index in [1.807, 2.05) is 0 Å². The molecule has 0 aliphatic heterocycles. The molecule has 2 bridgehead atoms. The molecule has 0 spiro atoms. The second-order valence-electron chi connectivity index (χ2n) is 9.51. The van der Waals surface area contributed by atoms with E-state index < -0.39 is 29.6 Å². The first-order chi connectivity index (χ1) is 16.4. The first-order valence-corrected chi connectivity index (χ1v) is 11.4. The van der Waals surface area contributed by atoms with Crippen LogP contribution >= 0.6 is 0 Å². The van der Waals surface area contributed by atoms with Crippen molar-refractivity contribution in [3.8, 4) is 17.6 Å². The average molecular weight is 465 g/mol. The van der Waals surface area contributed by atoms with Gasteiger partial charge in [0.05, 0.1) is 35.2 Å². The predicted octanol–water partition coefficient (Wildman–Crippen LogP) is 3.62. The van der Waals surface area contributed by atoms with E-state index in [2.05, 4.69) is 36.5 Å². The number of aliphatic carboxylic acids is 1. The molecule has 0 amide bonds. The topological polar surface area (TPSA) is 140 Å². The van der Waals surface area contributed by atoms with Gasteiger partial charge in [-0.05, 0) is 50.0 Å². The molecule has 174 valence electrons. The third kappa shape index (κ3) is 3.28. The van der Waals surface area contributed by atoms with Gasteiger partial charge in [0.15, 0.2) is 23.1 Å². The highest BCUT2D eigenvalue weighted by Gasteiger charge is 2.48. The predicted molar refractivity (Wildman–Crippen MR) is 115 cm³/mol. The third-order valence-corrected chi connectivity index (χ3v) is 7.59. The molecule has 3 aromatic heterocycles. The van der Waals surface area contributed by atoms with Gasteiger partial charge in [0, 0.05) is 12.0 Å². The minimum absolute atomic E-state index is 0.0424. The van der Waals surface area contributed by atoms with Gasteiger partial charge in [0.1, 0.15) is 11.5 Å². The number of carbonyl (C=O) groups is 1. The van der Waals surface area contributed by atoms with Crippen LogP contribution in [-0.4, -0.2) is 42.3 Å². The number of rotatable bonds is 5. The number of aromatic amines is 1. The van der Waals surface area contributed by atoms with Gasteiger partial charge in [-0.3, -0.25) is 9.89 Å². The maximum atomic E-state index is 15.7. The smallest absolute Gasteiger partial charge is 0.308 e. The number of nitrogens with one attached hydrogen (secondary N) is 2. The molecule has 4 aliphatic carbocycles. The standard InChI is InChI=1S/C23H21F2N7O2/c24-12-6-14-19(31-32-20(14)27-8-12)22-29-18(13-5-11(13)7-26)16(25)21(30-22)28-17-10-3-1-9(2-4-10)15(17)23(33)34/h6,8-11,13,15,17H,1-5H2,(H,33,34)(H,27,31,32)(H,28,29,30)/t9?,10?,11?,13-,15-,17-/m0/s1. The van der Waals surface area contributed by atoms with E-state index in [1.165, 1.54) is 6.07 Å². The number of aromatic nitrogens is 5. The summed E-state index contributed by atoms with van der Waals surface area (Å²) in [7, 11) is 0. The van der Waals surface area contributed by atoms with Gasteiger partial charge in [0.25, 0.3) is 0 Å². The molecule has 0 radical (unpaired) electrons. The number of hydrogen-bond acceptors (Lipinski definition) is 7. The van der Waals surface area contributed by atoms with Crippen molar-refractivity contribution < 1.29 is 18.7 Å². The van der Waals surface area contributed by atoms with Crippen LogP contribution in [0.4, 0.5) is 14.6 Å². The van der Waals surface area contributed by atoms with Crippen molar-refractivity contribution in [1.29, 1.82) is 5.26 Å². The maximum Gasteiger partial charge on any atom is 0.308 e. The van der Waals surface area contributed by atoms with Crippen LogP contribution in [-0.2, 0) is 4.79 Å². The number of nitriles is 1. The zero-order valence-electron chi connectivity index (χ0n) is 18.0. The van der Waals surface area contributed by atoms with Crippen LogP contribution < -0.4 is 5.32 Å². The number of H-pyrrole nitrogens is 1. The van der Waals surface area contributed by atoms with E-state index in [4.69, 9.17) is 0 Å². The van der Waals surface area contributed by atoms with E-state index >= 15 is 4.39 Å². The summed E-state index contributed by atoms with van der Waals surface area (Å²) in [5.74, 6) is -3.36. The molecule has 9 nitrogen and oxygen atoms in total. The molecule has 3 N–H and O–H groups in total. The number of halogens is 2. The summed E-state index contributed by atoms with van der Waals surface area (Å²) in [6, 6.07) is 2.93. The third-order valence-electron chi connectivity index (χ3n) is 7.59. The summed E-state index contributed by atoms with van der Waals surface area (Å²) in [5, 5.41) is 29.5. The number of carboxylic acid groups (broad SMARTS) is 1. The van der Waals surface area contributed by atoms with Gasteiger partial charge in [-0.2, -0.15) is 10.4 Å². The summed E-state index contributed by atoms with van der Waals surface area (Å²) in [6.07, 6.45) is 5.00. The largest absolute Gasteiger partial charge is 0.481 e. The molecular formula is C23H21F2N7O2. The van der Waals surface area contributed by atoms with Crippen molar-refractivity contribution in [3.63, 3.8) is 0 Å². The highest BCUT2D eigenvalue weighted by Crippen LogP contribution is 2.49. The Hall–Kier alpha value is -3.68. The fourth-order valence-electron chi connectivity index (χ4n) is 5.77. The van der Waals surface area contributed by atoms with Crippen LogP contribution in [0.15, 0.2) is 12.3 Å². The van der Waals surface area contributed by atoms with Crippen molar-refractivity contribution in [2.45, 2.75) is 44.1 Å². The molecule has 4 saturated carbocycles. The molecule has 4 aliphatic rings. The Bertz CT molecular complexity index is 1350. The molecule has 3 heterocycles. The van der Waals surface area contributed by atoms with E-state index in [0.29, 0.717) is 11.8 Å². The Morgan fingerprint density at radius 1 is 1.21 bits per heavy atom. The SMILES string of the molecule is N#CC1C[C@@H]1c1nc(-c2[nH]nc3ncc(F)cc23)nc(N[C@H]2C3CCC(CC3)[C@@H]2C(=O)O)c1F. The van der Waals surface area contributed by atoms with E-state index in [-0.39, 0.29) is 52.3 Å². The number of pyridine rings is 1. The van der Waals surface area contributed by atoms with Gasteiger partial charge in [-0.1, -0.05) is 0 Å². The zero-order chi connectivity index (χ0) is 23.6. The van der Waals surface area contributed by atoms with Crippen molar-refractivity contribution in [1.82, 2.24) is 25.1 Å². The molecule has 11 heteroatoms. The first-order valence-electron chi connectivity index (χ1n) is 11.4. The summed E-state index contributed by atoms with van der Waals surface area (Å²) in [4.78, 5) is 24.8. The number of hydrogen-bond donors (Lipinski definition) is 3. The van der Waals surface area contributed by atoms with Gasteiger partial charge in [0.2, 0.25) is 0 Å². The van der Waals surface area contributed by atoms with Crippen LogP contribution in [0, 0.1) is 46.6 Å². The van der Waals surface area contributed by atoms with Gasteiger partial charge in [-0.15, -0.1) is 0 Å². The fraction of sp³-hybridized carbons (Fsp3) is 0.478. The van der Waals surface area contributed by atoms with E-state index in [0.717, 1.165) is 31.9 Å². The lowest BCUT2D eigenvalue weighted by molar-refractivity contribution is -0.148. The van der Waals surface area contributed by atoms with Gasteiger partial charge in [-0.25, -0.2) is 23.7 Å². The highest BCUT2D eigenvalue weighted by molar-refractivity contribution is 5.88. The summed E-state index contributed by atoms with van der Waals surface area (Å²) >= 11 is 0. The molecule has 7 rings (SSSR count). The molecular weight excluding hydrogens is 444 g/mol. The second kappa shape index (κ2) is 7.68. The number of nitrogens with zero attached hydrogens (tertiary/aromatic N) is 5. The normalized spacial score (nSPS) is 29.7. The minimum Gasteiger partial charge on any atom is -0.481 e. The summed E-state index contributed by atoms with van der Waals surface area (Å²) < 4.78 is 29.5. The Kier molecular flexibility index (Phi) is 4.72. The fourth-order valence-corrected chi connectivity index (χ4v) is 5.77. The number of fused-ring (bicyclic) bond motifs is 4. The number of anilines is 1. The maximum absolute atomic E-state index is 15.7. The highest BCUT2D eigenvalue weighted by atomic mass is 19.1. The van der Waals surface area contributed by atoms with Crippen molar-refractivity contribution in [3.05, 3.63) is 29.6 Å². The zero-order valence-corrected chi connectivity index (χ0v) is 18.0. The number of carboxylic acids is 1. The first kappa shape index (κ1) is 20.9. The summed E-state index contributed by atoms with van der Waals surface area (Å²) in [5.41, 5.74) is 0.636. The molecule has 4 atom stereocenters. The quantitative estimate of drug-likeness (QED) is 0.519. The molecule has 4 fully saturated rings. The van der Waals surface area contributed by atoms with Crippen LogP contribution in [0.2, 0.25) is 0 Å². The van der Waals surface area contributed by atoms with Crippen molar-refractivity contribution in [2.75, 3.05) is 5.32 Å². The Morgan fingerprint density at radius 2 is 1.97 bits per heavy atom. The summed E-state index contributed by atoms with van der Waals surface area (Å²) in [6.45, 7) is 0. The Balaban J connectivity index is 1.46. The Morgan fingerprint density at radius 3 is 2.68 bits per heavy atom. The van der Waals surface area contributed by atoms with Crippen molar-refractivity contribution >= 4 is 22.8 Å². The van der Waals surface area contributed by atoms with E-state index in [9.17, 15) is 19.6 Å². The lowest BCUT2D eigenvalue weighted by Gasteiger charge is -2.47. The van der Waals surface area contributed by atoms with E-state index in [1.54, 1.807) is 0 Å². The monoisotopic (exact) mass is 465 g/mol. The molecule has 1 unspecified atom stereocenters. The lowest BCUT2D eigenvalue weighted by atomic mass is 9.61. The minimum atomic E-state index is -0.894. The van der Waals surface area contributed by atoms with Crippen LogP contribution in [0.5, 0.6) is 0 Å². The van der Waals surface area contributed by atoms with Crippen LogP contribution in [0.25, 0.3) is 22.6 Å². The molecule has 0 saturated heterocycles. The van der Waals surface area contributed by atoms with Crippen molar-refractivity contribution in [2.24, 2.45) is 23.7 Å². The van der Waals surface area contributed by atoms with Gasteiger partial charge >= 0.3 is 5.97 Å². The lowest BCUT2D eigenvalue weighted by Crippen LogP contribution is -2.51. The molecule has 0 aromatic carbocycles. The van der Waals surface area contributed by atoms with Crippen LogP contribution in [0.1, 0.15) is 43.7 Å². The Labute approximate surface area is 192 Å². The average Bonchev–Trinajstić information content (AvgIpc) is 3.51. The molecule has 34 heavy (non-hydrogen) atoms. The van der Waals surface area contributed by atoms with Gasteiger partial charge < -0.3 is 10.4 Å². The van der Waals surface area contributed by atoms with Crippen LogP contribution in [0.3, 0.4) is 0 Å².